The highest BCUT2D eigenvalue weighted by atomic mass is 19.1. The number of nitrogens with zero attached hydrogens (tertiary/aromatic N) is 4. The number of para-hydroxylation sites is 1. The monoisotopic (exact) mass is 421 g/mol. The molecule has 0 bridgehead atoms. The first-order valence-electron chi connectivity index (χ1n) is 10.7. The van der Waals surface area contributed by atoms with E-state index >= 15 is 0 Å². The Balaban J connectivity index is 1.23. The summed E-state index contributed by atoms with van der Waals surface area (Å²) in [5.74, 6) is 1.60. The third kappa shape index (κ3) is 5.63. The van der Waals surface area contributed by atoms with Gasteiger partial charge < -0.3 is 15.0 Å². The minimum absolute atomic E-state index is 0.243. The minimum atomic E-state index is -0.248. The topological polar surface area (TPSA) is 54.7 Å². The van der Waals surface area contributed by atoms with Crippen molar-refractivity contribution in [3.63, 3.8) is 0 Å². The summed E-state index contributed by atoms with van der Waals surface area (Å²) >= 11 is 0. The van der Waals surface area contributed by atoms with Crippen LogP contribution in [0.4, 0.5) is 4.39 Å². The summed E-state index contributed by atoms with van der Waals surface area (Å²) in [5, 5.41) is 8.02. The van der Waals surface area contributed by atoms with Crippen molar-refractivity contribution < 1.29 is 9.13 Å². The number of hydrogen-bond acceptors (Lipinski definition) is 3. The Kier molecular flexibility index (Phi) is 6.82. The molecule has 1 saturated heterocycles. The van der Waals surface area contributed by atoms with E-state index in [1.165, 1.54) is 12.1 Å². The largest absolute Gasteiger partial charge is 0.490 e. The number of hydrogen-bond donors (Lipinski definition) is 1. The molecular weight excluding hydrogens is 393 g/mol. The highest BCUT2D eigenvalue weighted by molar-refractivity contribution is 5.79. The van der Waals surface area contributed by atoms with Gasteiger partial charge in [-0.05, 0) is 42.5 Å². The summed E-state index contributed by atoms with van der Waals surface area (Å²) in [6.07, 6.45) is 4.86. The number of guanidine groups is 1. The normalized spacial score (nSPS) is 15.2. The van der Waals surface area contributed by atoms with Crippen molar-refractivity contribution in [2.75, 3.05) is 26.7 Å². The maximum atomic E-state index is 13.1. The fourth-order valence-corrected chi connectivity index (χ4v) is 3.74. The van der Waals surface area contributed by atoms with Crippen LogP contribution in [-0.4, -0.2) is 53.4 Å². The van der Waals surface area contributed by atoms with E-state index in [0.717, 1.165) is 62.0 Å². The van der Waals surface area contributed by atoms with Gasteiger partial charge in [-0.25, -0.2) is 9.07 Å². The number of halogens is 1. The van der Waals surface area contributed by atoms with Gasteiger partial charge in [0.15, 0.2) is 5.96 Å². The number of aliphatic imine (C=N–C) groups is 1. The first-order chi connectivity index (χ1) is 15.2. The van der Waals surface area contributed by atoms with Gasteiger partial charge in [-0.1, -0.05) is 18.2 Å². The summed E-state index contributed by atoms with van der Waals surface area (Å²) < 4.78 is 20.9. The van der Waals surface area contributed by atoms with Crippen LogP contribution in [0.3, 0.4) is 0 Å². The average Bonchev–Trinajstić information content (AvgIpc) is 3.28. The fourth-order valence-electron chi connectivity index (χ4n) is 3.74. The van der Waals surface area contributed by atoms with Crippen molar-refractivity contribution >= 4 is 5.96 Å². The molecule has 0 spiro atoms. The lowest BCUT2D eigenvalue weighted by molar-refractivity contribution is 0.129. The Morgan fingerprint density at radius 2 is 1.84 bits per heavy atom. The Hall–Kier alpha value is -3.35. The van der Waals surface area contributed by atoms with Gasteiger partial charge in [-0.2, -0.15) is 5.10 Å². The molecule has 7 heteroatoms. The van der Waals surface area contributed by atoms with Crippen LogP contribution in [-0.2, 0) is 6.42 Å². The molecular formula is C24H28FN5O. The van der Waals surface area contributed by atoms with Crippen molar-refractivity contribution in [3.8, 4) is 11.4 Å². The van der Waals surface area contributed by atoms with Crippen LogP contribution < -0.4 is 10.1 Å². The quantitative estimate of drug-likeness (QED) is 0.487. The van der Waals surface area contributed by atoms with Gasteiger partial charge in [0.1, 0.15) is 17.7 Å². The number of ether oxygens (including phenoxy) is 1. The van der Waals surface area contributed by atoms with Crippen LogP contribution >= 0.6 is 0 Å². The van der Waals surface area contributed by atoms with Crippen molar-refractivity contribution in [3.05, 3.63) is 78.4 Å². The van der Waals surface area contributed by atoms with E-state index in [1.807, 2.05) is 49.6 Å². The zero-order valence-electron chi connectivity index (χ0n) is 17.7. The van der Waals surface area contributed by atoms with Crippen LogP contribution in [0.5, 0.6) is 5.75 Å². The van der Waals surface area contributed by atoms with E-state index in [9.17, 15) is 4.39 Å². The third-order valence-corrected chi connectivity index (χ3v) is 5.40. The van der Waals surface area contributed by atoms with E-state index in [2.05, 4.69) is 20.3 Å². The zero-order chi connectivity index (χ0) is 21.5. The molecule has 1 N–H and O–H groups in total. The van der Waals surface area contributed by atoms with Crippen molar-refractivity contribution in [2.24, 2.45) is 4.99 Å². The smallest absolute Gasteiger partial charge is 0.193 e. The summed E-state index contributed by atoms with van der Waals surface area (Å²) in [6, 6.07) is 18.3. The fraction of sp³-hybridized carbons (Fsp3) is 0.333. The van der Waals surface area contributed by atoms with Crippen molar-refractivity contribution in [1.29, 1.82) is 0 Å². The first kappa shape index (κ1) is 20.9. The first-order valence-corrected chi connectivity index (χ1v) is 10.7. The van der Waals surface area contributed by atoms with Crippen LogP contribution in [0.1, 0.15) is 18.5 Å². The molecule has 1 aromatic heterocycles. The molecule has 0 atom stereocenters. The van der Waals surface area contributed by atoms with Gasteiger partial charge in [-0.3, -0.25) is 4.99 Å². The number of aromatic nitrogens is 2. The summed E-state index contributed by atoms with van der Waals surface area (Å²) in [7, 11) is 1.82. The van der Waals surface area contributed by atoms with Gasteiger partial charge in [0.25, 0.3) is 0 Å². The van der Waals surface area contributed by atoms with Gasteiger partial charge in [0, 0.05) is 52.1 Å². The Bertz CT molecular complexity index is 979. The molecule has 0 saturated carbocycles. The van der Waals surface area contributed by atoms with Crippen LogP contribution in [0.25, 0.3) is 5.69 Å². The predicted molar refractivity (Wildman–Crippen MR) is 120 cm³/mol. The number of nitrogens with one attached hydrogen (secondary N) is 1. The Labute approximate surface area is 182 Å². The van der Waals surface area contributed by atoms with Gasteiger partial charge in [0.05, 0.1) is 11.4 Å². The second-order valence-corrected chi connectivity index (χ2v) is 7.57. The maximum Gasteiger partial charge on any atom is 0.193 e. The lowest BCUT2D eigenvalue weighted by Gasteiger charge is -2.34. The molecule has 3 aromatic rings. The SMILES string of the molecule is CN=C(NCCc1ccn(-c2ccc(F)cc2)n1)N1CCC(Oc2ccccc2)CC1. The number of rotatable bonds is 6. The van der Waals surface area contributed by atoms with Crippen LogP contribution in [0.15, 0.2) is 71.9 Å². The molecule has 2 heterocycles. The van der Waals surface area contributed by atoms with E-state index in [-0.39, 0.29) is 11.9 Å². The van der Waals surface area contributed by atoms with E-state index < -0.39 is 0 Å². The lowest BCUT2D eigenvalue weighted by Crippen LogP contribution is -2.47. The molecule has 0 amide bonds. The second kappa shape index (κ2) is 10.1. The zero-order valence-corrected chi connectivity index (χ0v) is 17.7. The molecule has 2 aromatic carbocycles. The van der Waals surface area contributed by atoms with Crippen molar-refractivity contribution in [1.82, 2.24) is 20.0 Å². The second-order valence-electron chi connectivity index (χ2n) is 7.57. The molecule has 0 unspecified atom stereocenters. The number of likely N-dealkylation sites (tertiary alicyclic amines) is 1. The Morgan fingerprint density at radius 1 is 1.10 bits per heavy atom. The van der Waals surface area contributed by atoms with Crippen LogP contribution in [0.2, 0.25) is 0 Å². The predicted octanol–water partition coefficient (Wildman–Crippen LogP) is 3.67. The van der Waals surface area contributed by atoms with E-state index in [4.69, 9.17) is 4.74 Å². The summed E-state index contributed by atoms with van der Waals surface area (Å²) in [5.41, 5.74) is 1.82. The Morgan fingerprint density at radius 3 is 2.55 bits per heavy atom. The molecule has 4 rings (SSSR count). The maximum absolute atomic E-state index is 13.1. The molecule has 1 fully saturated rings. The minimum Gasteiger partial charge on any atom is -0.490 e. The van der Waals surface area contributed by atoms with Crippen molar-refractivity contribution in [2.45, 2.75) is 25.4 Å². The summed E-state index contributed by atoms with van der Waals surface area (Å²) in [6.45, 7) is 2.57. The molecule has 1 aliphatic heterocycles. The molecule has 6 nitrogen and oxygen atoms in total. The number of piperidine rings is 1. The van der Waals surface area contributed by atoms with E-state index in [0.29, 0.717) is 0 Å². The molecule has 1 aliphatic rings. The summed E-state index contributed by atoms with van der Waals surface area (Å²) in [4.78, 5) is 6.72. The van der Waals surface area contributed by atoms with Gasteiger partial charge in [-0.15, -0.1) is 0 Å². The molecule has 0 radical (unpaired) electrons. The van der Waals surface area contributed by atoms with E-state index in [1.54, 1.807) is 16.8 Å². The van der Waals surface area contributed by atoms with Gasteiger partial charge >= 0.3 is 0 Å². The average molecular weight is 422 g/mol. The van der Waals surface area contributed by atoms with Crippen LogP contribution in [0, 0.1) is 5.82 Å². The lowest BCUT2D eigenvalue weighted by atomic mass is 10.1. The molecule has 31 heavy (non-hydrogen) atoms. The standard InChI is InChI=1S/C24H28FN5O/c1-26-24(29-16-13-23(14-17-29)31-22-5-3-2-4-6-22)27-15-11-20-12-18-30(28-20)21-9-7-19(25)8-10-21/h2-10,12,18,23H,11,13-17H2,1H3,(H,26,27). The molecule has 162 valence electrons. The molecule has 0 aliphatic carbocycles. The highest BCUT2D eigenvalue weighted by Crippen LogP contribution is 2.18. The van der Waals surface area contributed by atoms with Gasteiger partial charge in [0.2, 0.25) is 0 Å². The number of benzene rings is 2. The third-order valence-electron chi connectivity index (χ3n) is 5.40. The highest BCUT2D eigenvalue weighted by Gasteiger charge is 2.22.